The number of carbonyl (C=O) groups excluding carboxylic acids is 4. The third-order valence-electron chi connectivity index (χ3n) is 11.1. The maximum absolute atomic E-state index is 14.2. The Bertz CT molecular complexity index is 1240. The third kappa shape index (κ3) is 11.6. The molecule has 0 radical (unpaired) electrons. The summed E-state index contributed by atoms with van der Waals surface area (Å²) in [4.78, 5) is 58.6. The van der Waals surface area contributed by atoms with Crippen LogP contribution < -0.4 is 10.6 Å². The molecule has 51 heavy (non-hydrogen) atoms. The van der Waals surface area contributed by atoms with Crippen LogP contribution >= 0.6 is 0 Å². The highest BCUT2D eigenvalue weighted by Crippen LogP contribution is 2.31. The van der Waals surface area contributed by atoms with Crippen molar-refractivity contribution in [1.82, 2.24) is 20.4 Å². The van der Waals surface area contributed by atoms with Gasteiger partial charge in [0.1, 0.15) is 0 Å². The van der Waals surface area contributed by atoms with Crippen molar-refractivity contribution in [2.45, 2.75) is 130 Å². The molecule has 11 heteroatoms. The maximum Gasteiger partial charge on any atom is 0.226 e. The summed E-state index contributed by atoms with van der Waals surface area (Å²) in [7, 11) is 6.68. The van der Waals surface area contributed by atoms with E-state index in [1.165, 1.54) is 0 Å². The SMILES string of the molecule is CCC(C)[C@@H]([C@@H](CC(=O)N1CCC[C@H]1[C@H](OC)[C@@H](C)C(=O)N[C@H](C)[C@@H](O)c1ccccc1)OC)N(C)C(=O)[C@@H](CC(=O)C(NC)C(C)C)C(C)C. The first-order chi connectivity index (χ1) is 24.0. The molecule has 1 aromatic rings. The smallest absolute Gasteiger partial charge is 0.226 e. The Morgan fingerprint density at radius 2 is 1.59 bits per heavy atom. The Labute approximate surface area is 307 Å². The van der Waals surface area contributed by atoms with E-state index in [2.05, 4.69) is 24.5 Å². The number of methoxy groups -OCH3 is 2. The minimum atomic E-state index is -0.871. The number of benzene rings is 1. The summed E-state index contributed by atoms with van der Waals surface area (Å²) in [5.74, 6) is -1.54. The molecule has 2 rings (SSSR count). The molecule has 11 nitrogen and oxygen atoms in total. The van der Waals surface area contributed by atoms with Crippen LogP contribution in [0.25, 0.3) is 0 Å². The van der Waals surface area contributed by atoms with E-state index in [-0.39, 0.29) is 66.2 Å². The van der Waals surface area contributed by atoms with E-state index in [9.17, 15) is 24.3 Å². The summed E-state index contributed by atoms with van der Waals surface area (Å²) in [5, 5.41) is 16.9. The van der Waals surface area contributed by atoms with Crippen molar-refractivity contribution in [2.75, 3.05) is 34.9 Å². The lowest BCUT2D eigenvalue weighted by Gasteiger charge is -2.41. The van der Waals surface area contributed by atoms with Gasteiger partial charge in [0.05, 0.1) is 54.8 Å². The van der Waals surface area contributed by atoms with Crippen molar-refractivity contribution < 1.29 is 33.8 Å². The van der Waals surface area contributed by atoms with Gasteiger partial charge in [-0.05, 0) is 50.1 Å². The minimum Gasteiger partial charge on any atom is -0.386 e. The normalized spacial score (nSPS) is 20.2. The zero-order chi connectivity index (χ0) is 38.6. The number of nitrogens with zero attached hydrogens (tertiary/aromatic N) is 2. The van der Waals surface area contributed by atoms with Crippen molar-refractivity contribution in [2.24, 2.45) is 29.6 Å². The van der Waals surface area contributed by atoms with E-state index in [0.29, 0.717) is 18.5 Å². The average Bonchev–Trinajstić information content (AvgIpc) is 3.59. The lowest BCUT2D eigenvalue weighted by Crippen LogP contribution is -2.54. The number of hydrogen-bond acceptors (Lipinski definition) is 8. The molecule has 1 aliphatic heterocycles. The fraction of sp³-hybridized carbons (Fsp3) is 0.750. The summed E-state index contributed by atoms with van der Waals surface area (Å²) in [6.45, 7) is 16.1. The van der Waals surface area contributed by atoms with Gasteiger partial charge in [-0.25, -0.2) is 0 Å². The molecule has 290 valence electrons. The average molecular weight is 717 g/mol. The zero-order valence-corrected chi connectivity index (χ0v) is 33.3. The van der Waals surface area contributed by atoms with Gasteiger partial charge in [-0.15, -0.1) is 0 Å². The number of amides is 3. The van der Waals surface area contributed by atoms with Gasteiger partial charge in [0.25, 0.3) is 0 Å². The van der Waals surface area contributed by atoms with Gasteiger partial charge >= 0.3 is 0 Å². The molecule has 1 saturated heterocycles. The number of aliphatic hydroxyl groups is 1. The van der Waals surface area contributed by atoms with E-state index in [4.69, 9.17) is 9.47 Å². The Morgan fingerprint density at radius 3 is 2.10 bits per heavy atom. The van der Waals surface area contributed by atoms with Crippen molar-refractivity contribution >= 4 is 23.5 Å². The second-order valence-electron chi connectivity index (χ2n) is 15.3. The molecule has 1 aromatic carbocycles. The van der Waals surface area contributed by atoms with Gasteiger partial charge in [0.2, 0.25) is 17.7 Å². The maximum atomic E-state index is 14.2. The largest absolute Gasteiger partial charge is 0.386 e. The van der Waals surface area contributed by atoms with Gasteiger partial charge in [0, 0.05) is 40.2 Å². The molecule has 3 amide bonds. The number of carbonyl (C=O) groups is 4. The molecular weight excluding hydrogens is 648 g/mol. The Balaban J connectivity index is 2.24. The van der Waals surface area contributed by atoms with E-state index >= 15 is 0 Å². The van der Waals surface area contributed by atoms with Crippen molar-refractivity contribution in [3.63, 3.8) is 0 Å². The molecule has 1 fully saturated rings. The highest BCUT2D eigenvalue weighted by Gasteiger charge is 2.43. The third-order valence-corrected chi connectivity index (χ3v) is 11.1. The Hall–Kier alpha value is -2.86. The Morgan fingerprint density at radius 1 is 0.961 bits per heavy atom. The molecule has 3 N–H and O–H groups in total. The summed E-state index contributed by atoms with van der Waals surface area (Å²) in [6.07, 6.45) is 0.381. The standard InChI is InChI=1S/C40H68N4O7/c1-13-26(6)36(43(10)40(49)30(24(2)3)22-32(45)35(41-9)25(4)5)33(50-11)23-34(46)44-21-17-20-31(44)38(51-12)27(7)39(48)42-28(8)37(47)29-18-15-14-16-19-29/h14-16,18-19,24-28,30-31,33,35-38,41,47H,13,17,20-23H2,1-12H3,(H,42,48)/t26?,27-,28-,30+,31+,33-,35?,36+,37-,38-/m1/s1. The zero-order valence-electron chi connectivity index (χ0n) is 33.3. The summed E-state index contributed by atoms with van der Waals surface area (Å²) < 4.78 is 11.9. The van der Waals surface area contributed by atoms with E-state index in [1.54, 1.807) is 52.0 Å². The molecular formula is C40H68N4O7. The van der Waals surface area contributed by atoms with Crippen LogP contribution in [0.4, 0.5) is 0 Å². The number of likely N-dealkylation sites (N-methyl/N-ethyl adjacent to an activating group) is 2. The number of ether oxygens (including phenoxy) is 2. The quantitative estimate of drug-likeness (QED) is 0.168. The number of aliphatic hydroxyl groups excluding tert-OH is 1. The van der Waals surface area contributed by atoms with Crippen LogP contribution in [0.5, 0.6) is 0 Å². The fourth-order valence-corrected chi connectivity index (χ4v) is 7.76. The van der Waals surface area contributed by atoms with Crippen LogP contribution in [-0.2, 0) is 28.7 Å². The van der Waals surface area contributed by atoms with Crippen LogP contribution in [0.2, 0.25) is 0 Å². The first-order valence-corrected chi connectivity index (χ1v) is 18.9. The first-order valence-electron chi connectivity index (χ1n) is 18.9. The molecule has 0 aromatic heterocycles. The van der Waals surface area contributed by atoms with Gasteiger partial charge < -0.3 is 35.0 Å². The summed E-state index contributed by atoms with van der Waals surface area (Å²) in [5.41, 5.74) is 0.714. The number of hydrogen-bond donors (Lipinski definition) is 3. The topological polar surface area (TPSA) is 138 Å². The van der Waals surface area contributed by atoms with Crippen LogP contribution in [0.3, 0.4) is 0 Å². The van der Waals surface area contributed by atoms with E-state index < -0.39 is 42.2 Å². The summed E-state index contributed by atoms with van der Waals surface area (Å²) >= 11 is 0. The molecule has 0 bridgehead atoms. The minimum absolute atomic E-state index is 0.0129. The second kappa shape index (κ2) is 21.0. The molecule has 2 unspecified atom stereocenters. The molecule has 0 aliphatic carbocycles. The van der Waals surface area contributed by atoms with Crippen molar-refractivity contribution in [3.05, 3.63) is 35.9 Å². The number of likely N-dealkylation sites (tertiary alicyclic amines) is 1. The van der Waals surface area contributed by atoms with Crippen LogP contribution in [0.15, 0.2) is 30.3 Å². The molecule has 0 spiro atoms. The van der Waals surface area contributed by atoms with E-state index in [0.717, 1.165) is 12.8 Å². The fourth-order valence-electron chi connectivity index (χ4n) is 7.76. The predicted molar refractivity (Wildman–Crippen MR) is 201 cm³/mol. The second-order valence-corrected chi connectivity index (χ2v) is 15.3. The molecule has 10 atom stereocenters. The molecule has 0 saturated carbocycles. The number of nitrogens with one attached hydrogen (secondary N) is 2. The Kier molecular flexibility index (Phi) is 18.2. The van der Waals surface area contributed by atoms with Gasteiger partial charge in [-0.1, -0.05) is 85.2 Å². The van der Waals surface area contributed by atoms with Crippen LogP contribution in [0, 0.1) is 29.6 Å². The lowest BCUT2D eigenvalue weighted by atomic mass is 9.84. The van der Waals surface area contributed by atoms with Gasteiger partial charge in [-0.3, -0.25) is 19.2 Å². The monoisotopic (exact) mass is 717 g/mol. The van der Waals surface area contributed by atoms with Crippen LogP contribution in [0.1, 0.15) is 99.2 Å². The number of Topliss-reactive ketones (excluding diaryl/α,β-unsaturated/α-hetero) is 1. The number of rotatable bonds is 21. The molecule has 1 heterocycles. The lowest BCUT2D eigenvalue weighted by molar-refractivity contribution is -0.149. The van der Waals surface area contributed by atoms with Crippen molar-refractivity contribution in [1.29, 1.82) is 0 Å². The van der Waals surface area contributed by atoms with Crippen molar-refractivity contribution in [3.8, 4) is 0 Å². The first kappa shape index (κ1) is 44.3. The number of ketones is 1. The predicted octanol–water partition coefficient (Wildman–Crippen LogP) is 4.62. The van der Waals surface area contributed by atoms with Crippen LogP contribution in [-0.4, -0.2) is 110 Å². The summed E-state index contributed by atoms with van der Waals surface area (Å²) in [6, 6.07) is 7.61. The highest BCUT2D eigenvalue weighted by molar-refractivity contribution is 5.90. The van der Waals surface area contributed by atoms with Gasteiger partial charge in [-0.2, -0.15) is 0 Å². The molecule has 1 aliphatic rings. The highest BCUT2D eigenvalue weighted by atomic mass is 16.5. The van der Waals surface area contributed by atoms with E-state index in [1.807, 2.05) is 58.0 Å². The van der Waals surface area contributed by atoms with Gasteiger partial charge in [0.15, 0.2) is 5.78 Å².